The van der Waals surface area contributed by atoms with Crippen molar-refractivity contribution in [1.82, 2.24) is 9.88 Å². The number of hydrogen-bond acceptors (Lipinski definition) is 5. The molecule has 1 aliphatic rings. The summed E-state index contributed by atoms with van der Waals surface area (Å²) in [6.45, 7) is 4.00. The minimum absolute atomic E-state index is 0.0447. The van der Waals surface area contributed by atoms with Crippen LogP contribution < -0.4 is 10.5 Å². The quantitative estimate of drug-likeness (QED) is 0.811. The van der Waals surface area contributed by atoms with Gasteiger partial charge in [0.25, 0.3) is 0 Å². The Labute approximate surface area is 94.2 Å². The molecule has 6 nitrogen and oxygen atoms in total. The Morgan fingerprint density at radius 3 is 2.62 bits per heavy atom. The number of nitrogens with zero attached hydrogens (tertiary/aromatic N) is 1. The minimum Gasteiger partial charge on any atom is -0.380 e. The molecule has 1 aliphatic carbocycles. The van der Waals surface area contributed by atoms with E-state index in [1.165, 1.54) is 6.92 Å². The Kier molecular flexibility index (Phi) is 2.47. The molecule has 0 bridgehead atoms. The van der Waals surface area contributed by atoms with Gasteiger partial charge < -0.3 is 10.3 Å². The van der Waals surface area contributed by atoms with E-state index < -0.39 is 10.0 Å². The number of anilines is 1. The summed E-state index contributed by atoms with van der Waals surface area (Å²) in [7, 11) is -3.60. The summed E-state index contributed by atoms with van der Waals surface area (Å²) >= 11 is 0. The zero-order chi connectivity index (χ0) is 12.0. The van der Waals surface area contributed by atoms with Crippen molar-refractivity contribution in [1.29, 1.82) is 0 Å². The van der Waals surface area contributed by atoms with Gasteiger partial charge in [0, 0.05) is 6.54 Å². The number of sulfonamides is 1. The zero-order valence-electron chi connectivity index (χ0n) is 9.28. The van der Waals surface area contributed by atoms with Crippen LogP contribution in [0.15, 0.2) is 9.42 Å². The molecular weight excluding hydrogens is 230 g/mol. The predicted molar refractivity (Wildman–Crippen MR) is 58.2 cm³/mol. The highest BCUT2D eigenvalue weighted by atomic mass is 32.2. The maximum atomic E-state index is 11.9. The van der Waals surface area contributed by atoms with Gasteiger partial charge in [-0.3, -0.25) is 0 Å². The Bertz CT molecular complexity index is 483. The molecule has 2 rings (SSSR count). The molecule has 90 valence electrons. The normalized spacial score (nSPS) is 18.6. The van der Waals surface area contributed by atoms with Crippen LogP contribution in [0.3, 0.4) is 0 Å². The van der Waals surface area contributed by atoms with Crippen molar-refractivity contribution in [2.45, 2.75) is 31.6 Å². The summed E-state index contributed by atoms with van der Waals surface area (Å²) in [5.41, 5.74) is 5.56. The molecule has 0 amide bonds. The molecule has 1 heterocycles. The van der Waals surface area contributed by atoms with Gasteiger partial charge in [0.1, 0.15) is 0 Å². The van der Waals surface area contributed by atoms with Gasteiger partial charge in [-0.1, -0.05) is 12.1 Å². The number of nitrogens with two attached hydrogens (primary N) is 1. The standard InChI is InChI=1S/C9H15N3O3S/c1-6-7(8(10)12-15-6)16(13,14)11-5-9(2)3-4-9/h11H,3-5H2,1-2H3,(H2,10,12). The number of nitrogens with one attached hydrogen (secondary N) is 1. The molecule has 1 saturated carbocycles. The lowest BCUT2D eigenvalue weighted by Crippen LogP contribution is -2.29. The lowest BCUT2D eigenvalue weighted by Gasteiger charge is -2.10. The molecule has 16 heavy (non-hydrogen) atoms. The van der Waals surface area contributed by atoms with Gasteiger partial charge in [-0.25, -0.2) is 13.1 Å². The third-order valence-electron chi connectivity index (χ3n) is 2.89. The molecule has 0 radical (unpaired) electrons. The lowest BCUT2D eigenvalue weighted by molar-refractivity contribution is 0.396. The van der Waals surface area contributed by atoms with Gasteiger partial charge in [-0.15, -0.1) is 0 Å². The van der Waals surface area contributed by atoms with Crippen molar-refractivity contribution in [2.75, 3.05) is 12.3 Å². The molecule has 0 atom stereocenters. The summed E-state index contributed by atoms with van der Waals surface area (Å²) in [6.07, 6.45) is 2.10. The number of rotatable bonds is 4. The molecule has 0 aromatic carbocycles. The highest BCUT2D eigenvalue weighted by Crippen LogP contribution is 2.44. The van der Waals surface area contributed by atoms with Crippen LogP contribution in [0.5, 0.6) is 0 Å². The second-order valence-corrected chi connectivity index (χ2v) is 6.29. The summed E-state index contributed by atoms with van der Waals surface area (Å²) in [5.74, 6) is 0.122. The van der Waals surface area contributed by atoms with Crippen LogP contribution >= 0.6 is 0 Å². The maximum absolute atomic E-state index is 11.9. The van der Waals surface area contributed by atoms with Crippen LogP contribution in [0.25, 0.3) is 0 Å². The first-order chi connectivity index (χ1) is 7.34. The van der Waals surface area contributed by atoms with E-state index in [4.69, 9.17) is 10.3 Å². The number of nitrogen functional groups attached to an aromatic ring is 1. The van der Waals surface area contributed by atoms with Gasteiger partial charge in [-0.2, -0.15) is 0 Å². The van der Waals surface area contributed by atoms with E-state index in [2.05, 4.69) is 9.88 Å². The maximum Gasteiger partial charge on any atom is 0.247 e. The van der Waals surface area contributed by atoms with E-state index in [0.717, 1.165) is 12.8 Å². The van der Waals surface area contributed by atoms with E-state index in [1.54, 1.807) is 0 Å². The molecular formula is C9H15N3O3S. The molecule has 0 spiro atoms. The fourth-order valence-corrected chi connectivity index (χ4v) is 2.85. The smallest absolute Gasteiger partial charge is 0.247 e. The van der Waals surface area contributed by atoms with Crippen LogP contribution in [0.4, 0.5) is 5.82 Å². The van der Waals surface area contributed by atoms with Gasteiger partial charge in [0.2, 0.25) is 10.0 Å². The van der Waals surface area contributed by atoms with E-state index in [-0.39, 0.29) is 21.9 Å². The zero-order valence-corrected chi connectivity index (χ0v) is 10.1. The van der Waals surface area contributed by atoms with E-state index >= 15 is 0 Å². The second-order valence-electron chi connectivity index (χ2n) is 4.59. The van der Waals surface area contributed by atoms with Gasteiger partial charge in [0.05, 0.1) is 0 Å². The first-order valence-corrected chi connectivity index (χ1v) is 6.54. The molecule has 1 aromatic rings. The van der Waals surface area contributed by atoms with E-state index in [1.807, 2.05) is 6.92 Å². The van der Waals surface area contributed by atoms with Crippen LogP contribution in [0.1, 0.15) is 25.5 Å². The summed E-state index contributed by atoms with van der Waals surface area (Å²) < 4.78 is 31.1. The van der Waals surface area contributed by atoms with Gasteiger partial charge >= 0.3 is 0 Å². The first kappa shape index (κ1) is 11.4. The van der Waals surface area contributed by atoms with Crippen molar-refractivity contribution in [2.24, 2.45) is 5.41 Å². The molecule has 1 fully saturated rings. The fourth-order valence-electron chi connectivity index (χ4n) is 1.44. The van der Waals surface area contributed by atoms with Crippen LogP contribution in [0, 0.1) is 12.3 Å². The third-order valence-corrected chi connectivity index (χ3v) is 4.45. The lowest BCUT2D eigenvalue weighted by atomic mass is 10.2. The monoisotopic (exact) mass is 245 g/mol. The molecule has 0 aliphatic heterocycles. The van der Waals surface area contributed by atoms with Crippen LogP contribution in [-0.4, -0.2) is 20.1 Å². The highest BCUT2D eigenvalue weighted by Gasteiger charge is 2.38. The Morgan fingerprint density at radius 2 is 2.19 bits per heavy atom. The van der Waals surface area contributed by atoms with Crippen molar-refractivity contribution in [3.8, 4) is 0 Å². The largest absolute Gasteiger partial charge is 0.380 e. The van der Waals surface area contributed by atoms with Gasteiger partial charge in [-0.05, 0) is 25.2 Å². The number of aromatic nitrogens is 1. The SMILES string of the molecule is Cc1onc(N)c1S(=O)(=O)NCC1(C)CC1. The molecule has 0 unspecified atom stereocenters. The summed E-state index contributed by atoms with van der Waals surface area (Å²) in [4.78, 5) is -0.0447. The fraction of sp³-hybridized carbons (Fsp3) is 0.667. The Morgan fingerprint density at radius 1 is 1.56 bits per heavy atom. The average Bonchev–Trinajstić information content (AvgIpc) is 2.82. The van der Waals surface area contributed by atoms with Crippen molar-refractivity contribution >= 4 is 15.8 Å². The molecule has 3 N–H and O–H groups in total. The van der Waals surface area contributed by atoms with Crippen molar-refractivity contribution in [3.05, 3.63) is 5.76 Å². The minimum atomic E-state index is -3.60. The van der Waals surface area contributed by atoms with E-state index in [9.17, 15) is 8.42 Å². The molecule has 0 saturated heterocycles. The second kappa shape index (κ2) is 3.46. The summed E-state index contributed by atoms with van der Waals surface area (Å²) in [6, 6.07) is 0. The molecule has 7 heteroatoms. The summed E-state index contributed by atoms with van der Waals surface area (Å²) in [5, 5.41) is 3.43. The van der Waals surface area contributed by atoms with Crippen molar-refractivity contribution in [3.63, 3.8) is 0 Å². The topological polar surface area (TPSA) is 98.2 Å². The van der Waals surface area contributed by atoms with Crippen LogP contribution in [-0.2, 0) is 10.0 Å². The number of hydrogen-bond donors (Lipinski definition) is 2. The highest BCUT2D eigenvalue weighted by molar-refractivity contribution is 7.89. The van der Waals surface area contributed by atoms with Crippen molar-refractivity contribution < 1.29 is 12.9 Å². The molecule has 1 aromatic heterocycles. The average molecular weight is 245 g/mol. The Hall–Kier alpha value is -1.08. The number of aryl methyl sites for hydroxylation is 1. The van der Waals surface area contributed by atoms with Crippen LogP contribution in [0.2, 0.25) is 0 Å². The Balaban J connectivity index is 2.19. The van der Waals surface area contributed by atoms with E-state index in [0.29, 0.717) is 6.54 Å². The van der Waals surface area contributed by atoms with Gasteiger partial charge in [0.15, 0.2) is 16.5 Å². The third kappa shape index (κ3) is 2.05. The predicted octanol–water partition coefficient (Wildman–Crippen LogP) is 0.644. The first-order valence-electron chi connectivity index (χ1n) is 5.05.